The number of aryl methyl sites for hydroxylation is 2. The van der Waals surface area contributed by atoms with Crippen LogP contribution in [0.2, 0.25) is 0 Å². The van der Waals surface area contributed by atoms with Crippen molar-refractivity contribution < 1.29 is 25.6 Å². The van der Waals surface area contributed by atoms with Crippen LogP contribution in [0.25, 0.3) is 23.2 Å². The minimum Gasteiger partial charge on any atom is -0.443 e. The second-order valence-electron chi connectivity index (χ2n) is 4.24. The molecule has 0 atom stereocenters. The van der Waals surface area contributed by atoms with Gasteiger partial charge in [-0.3, -0.25) is 0 Å². The molecule has 0 amide bonds. The van der Waals surface area contributed by atoms with Crippen LogP contribution in [0.3, 0.4) is 0 Å². The van der Waals surface area contributed by atoms with Crippen molar-refractivity contribution in [3.8, 4) is 23.2 Å². The van der Waals surface area contributed by atoms with Gasteiger partial charge in [0.25, 0.3) is 0 Å². The molecule has 3 heterocycles. The average molecular weight is 552 g/mol. The van der Waals surface area contributed by atoms with E-state index in [1.54, 1.807) is 12.5 Å². The third-order valence-electron chi connectivity index (χ3n) is 2.57. The smallest absolute Gasteiger partial charge is 0.246 e. The van der Waals surface area contributed by atoms with E-state index >= 15 is 0 Å². The standard InChI is InChI=1S/C13H9I2N3O2.Co/c1-6-4-19-12(16-6)10-8(14)3-9(15)11(18-10)13-17-7(2)5-20-13;/h3-5H,1-2H3;. The number of hydrogen-bond donors (Lipinski definition) is 0. The van der Waals surface area contributed by atoms with E-state index in [1.807, 2.05) is 19.9 Å². The number of pyridine rings is 1. The van der Waals surface area contributed by atoms with E-state index in [1.165, 1.54) is 0 Å². The first-order valence-electron chi connectivity index (χ1n) is 5.75. The Morgan fingerprint density at radius 2 is 1.24 bits per heavy atom. The number of halogens is 2. The molecule has 0 bridgehead atoms. The summed E-state index contributed by atoms with van der Waals surface area (Å²) < 4.78 is 12.8. The predicted molar refractivity (Wildman–Crippen MR) is 90.1 cm³/mol. The summed E-state index contributed by atoms with van der Waals surface area (Å²) >= 11 is 4.44. The monoisotopic (exact) mass is 552 g/mol. The van der Waals surface area contributed by atoms with Crippen molar-refractivity contribution in [2.45, 2.75) is 13.8 Å². The topological polar surface area (TPSA) is 65.0 Å². The molecule has 8 heteroatoms. The zero-order chi connectivity index (χ0) is 14.3. The summed E-state index contributed by atoms with van der Waals surface area (Å²) in [5.41, 5.74) is 3.05. The third-order valence-corrected chi connectivity index (χ3v) is 4.22. The van der Waals surface area contributed by atoms with Crippen LogP contribution in [0.4, 0.5) is 0 Å². The van der Waals surface area contributed by atoms with Gasteiger partial charge in [-0.25, -0.2) is 15.0 Å². The molecule has 0 aliphatic rings. The molecule has 0 aliphatic carbocycles. The second kappa shape index (κ2) is 6.75. The van der Waals surface area contributed by atoms with E-state index in [2.05, 4.69) is 60.1 Å². The third kappa shape index (κ3) is 3.48. The molecule has 0 aliphatic heterocycles. The SMILES string of the molecule is Cc1coc(-c2nc(-c3nc(C)co3)c(I)cc2I)n1.[Co]. The van der Waals surface area contributed by atoms with E-state index < -0.39 is 0 Å². The van der Waals surface area contributed by atoms with Gasteiger partial charge in [-0.1, -0.05) is 0 Å². The summed E-state index contributed by atoms with van der Waals surface area (Å²) in [5.74, 6) is 1.01. The predicted octanol–water partition coefficient (Wildman–Crippen LogP) is 4.22. The van der Waals surface area contributed by atoms with Gasteiger partial charge in [-0.05, 0) is 65.1 Å². The fourth-order valence-corrected chi connectivity index (χ4v) is 3.61. The molecule has 3 aromatic heterocycles. The quantitative estimate of drug-likeness (QED) is 0.446. The van der Waals surface area contributed by atoms with Crippen LogP contribution in [-0.4, -0.2) is 15.0 Å². The summed E-state index contributed by atoms with van der Waals surface area (Å²) in [4.78, 5) is 13.3. The molecular weight excluding hydrogens is 543 g/mol. The molecule has 3 rings (SSSR count). The Hall–Kier alpha value is -0.464. The van der Waals surface area contributed by atoms with Crippen LogP contribution in [0, 0.1) is 21.0 Å². The fraction of sp³-hybridized carbons (Fsp3) is 0.154. The Bertz CT molecular complexity index is 724. The molecule has 5 nitrogen and oxygen atoms in total. The molecule has 0 N–H and O–H groups in total. The summed E-state index contributed by atoms with van der Waals surface area (Å²) in [6, 6.07) is 2.01. The zero-order valence-corrected chi connectivity index (χ0v) is 16.3. The minimum absolute atomic E-state index is 0. The van der Waals surface area contributed by atoms with Crippen LogP contribution in [-0.2, 0) is 16.8 Å². The fourth-order valence-electron chi connectivity index (χ4n) is 1.69. The first-order chi connectivity index (χ1) is 9.54. The van der Waals surface area contributed by atoms with Crippen LogP contribution in [0.15, 0.2) is 27.4 Å². The first-order valence-corrected chi connectivity index (χ1v) is 7.91. The molecule has 21 heavy (non-hydrogen) atoms. The van der Waals surface area contributed by atoms with E-state index in [0.717, 1.165) is 18.5 Å². The van der Waals surface area contributed by atoms with E-state index in [9.17, 15) is 0 Å². The molecule has 111 valence electrons. The number of oxazole rings is 2. The number of rotatable bonds is 2. The van der Waals surface area contributed by atoms with Crippen LogP contribution in [0.5, 0.6) is 0 Å². The summed E-state index contributed by atoms with van der Waals surface area (Å²) in [6.45, 7) is 3.76. The number of nitrogens with zero attached hydrogens (tertiary/aromatic N) is 3. The van der Waals surface area contributed by atoms with Crippen molar-refractivity contribution in [3.63, 3.8) is 0 Å². The molecule has 0 saturated carbocycles. The van der Waals surface area contributed by atoms with Gasteiger partial charge in [0.2, 0.25) is 11.8 Å². The van der Waals surface area contributed by atoms with Gasteiger partial charge >= 0.3 is 0 Å². The Balaban J connectivity index is 0.00000161. The molecular formula is C13H9CoI2N3O2. The van der Waals surface area contributed by atoms with Gasteiger partial charge in [0.05, 0.1) is 11.4 Å². The van der Waals surface area contributed by atoms with Crippen LogP contribution >= 0.6 is 45.2 Å². The van der Waals surface area contributed by atoms with E-state index in [-0.39, 0.29) is 16.8 Å². The summed E-state index contributed by atoms with van der Waals surface area (Å²) in [6.07, 6.45) is 3.22. The summed E-state index contributed by atoms with van der Waals surface area (Å²) in [7, 11) is 0. The maximum Gasteiger partial charge on any atom is 0.246 e. The van der Waals surface area contributed by atoms with Gasteiger partial charge in [-0.15, -0.1) is 0 Å². The zero-order valence-electron chi connectivity index (χ0n) is 11.0. The number of aromatic nitrogens is 3. The van der Waals surface area contributed by atoms with Crippen molar-refractivity contribution in [3.05, 3.63) is 37.1 Å². The normalized spacial score (nSPS) is 10.5. The number of hydrogen-bond acceptors (Lipinski definition) is 5. The molecule has 0 spiro atoms. The van der Waals surface area contributed by atoms with Crippen molar-refractivity contribution >= 4 is 45.2 Å². The summed E-state index contributed by atoms with van der Waals surface area (Å²) in [5, 5.41) is 0. The Morgan fingerprint density at radius 3 is 1.57 bits per heavy atom. The van der Waals surface area contributed by atoms with E-state index in [4.69, 9.17) is 8.83 Å². The van der Waals surface area contributed by atoms with Gasteiger partial charge < -0.3 is 8.83 Å². The van der Waals surface area contributed by atoms with Crippen molar-refractivity contribution in [1.29, 1.82) is 0 Å². The van der Waals surface area contributed by atoms with E-state index in [0.29, 0.717) is 23.2 Å². The Labute approximate surface area is 158 Å². The van der Waals surface area contributed by atoms with Crippen LogP contribution < -0.4 is 0 Å². The van der Waals surface area contributed by atoms with Gasteiger partial charge in [0.1, 0.15) is 23.9 Å². The van der Waals surface area contributed by atoms with Gasteiger partial charge in [0, 0.05) is 23.9 Å². The Morgan fingerprint density at radius 1 is 0.810 bits per heavy atom. The van der Waals surface area contributed by atoms with Gasteiger partial charge in [-0.2, -0.15) is 0 Å². The molecule has 1 radical (unpaired) electrons. The minimum atomic E-state index is 0. The Kier molecular flexibility index (Phi) is 5.43. The second-order valence-corrected chi connectivity index (χ2v) is 6.56. The van der Waals surface area contributed by atoms with Gasteiger partial charge in [0.15, 0.2) is 0 Å². The molecule has 0 unspecified atom stereocenters. The maximum absolute atomic E-state index is 5.44. The maximum atomic E-state index is 5.44. The molecule has 0 saturated heterocycles. The molecule has 0 aromatic carbocycles. The molecule has 0 fully saturated rings. The van der Waals surface area contributed by atoms with Crippen molar-refractivity contribution in [1.82, 2.24) is 15.0 Å². The molecule has 3 aromatic rings. The van der Waals surface area contributed by atoms with Crippen LogP contribution in [0.1, 0.15) is 11.4 Å². The first kappa shape index (κ1) is 16.9. The largest absolute Gasteiger partial charge is 0.443 e. The average Bonchev–Trinajstić information content (AvgIpc) is 2.99. The van der Waals surface area contributed by atoms with Crippen molar-refractivity contribution in [2.24, 2.45) is 0 Å². The van der Waals surface area contributed by atoms with Crippen molar-refractivity contribution in [2.75, 3.05) is 0 Å².